The number of piperidine rings is 1. The largest absolute Gasteiger partial charge is 0.355 e. The third-order valence-corrected chi connectivity index (χ3v) is 8.48. The molecule has 184 valence electrons. The molecular formula is C25H25ClFN3O4S. The zero-order valence-corrected chi connectivity index (χ0v) is 20.9. The van der Waals surface area contributed by atoms with Crippen LogP contribution in [0.15, 0.2) is 51.9 Å². The van der Waals surface area contributed by atoms with Crippen molar-refractivity contribution >= 4 is 45.4 Å². The molecule has 7 nitrogen and oxygen atoms in total. The van der Waals surface area contributed by atoms with Crippen molar-refractivity contribution in [2.45, 2.75) is 31.6 Å². The van der Waals surface area contributed by atoms with Crippen LogP contribution in [0.4, 0.5) is 10.1 Å². The summed E-state index contributed by atoms with van der Waals surface area (Å²) < 4.78 is 47.3. The molecule has 0 aliphatic carbocycles. The Bertz CT molecular complexity index is 1380. The maximum Gasteiger partial charge on any atom is 0.248 e. The average Bonchev–Trinajstić information content (AvgIpc) is 3.22. The summed E-state index contributed by atoms with van der Waals surface area (Å²) in [6.45, 7) is 3.78. The molecule has 1 fully saturated rings. The molecule has 0 saturated carbocycles. The molecule has 3 aromatic rings. The molecular weight excluding hydrogens is 493 g/mol. The van der Waals surface area contributed by atoms with Crippen LogP contribution in [-0.2, 0) is 14.8 Å². The lowest BCUT2D eigenvalue weighted by Crippen LogP contribution is -2.41. The fourth-order valence-electron chi connectivity index (χ4n) is 3.98. The number of carbonyl (C=O) groups is 1. The number of sulfonamides is 1. The number of rotatable bonds is 6. The normalized spacial score (nSPS) is 15.5. The second-order valence-electron chi connectivity index (χ2n) is 8.45. The molecule has 35 heavy (non-hydrogen) atoms. The van der Waals surface area contributed by atoms with Gasteiger partial charge < -0.3 is 9.84 Å². The van der Waals surface area contributed by atoms with Crippen LogP contribution in [-0.4, -0.2) is 36.9 Å². The van der Waals surface area contributed by atoms with Crippen molar-refractivity contribution in [3.63, 3.8) is 0 Å². The van der Waals surface area contributed by atoms with E-state index in [1.807, 2.05) is 13.0 Å². The first kappa shape index (κ1) is 25.1. The number of carbonyl (C=O) groups excluding carboxylic acids is 1. The van der Waals surface area contributed by atoms with Crippen molar-refractivity contribution < 1.29 is 22.1 Å². The van der Waals surface area contributed by atoms with Gasteiger partial charge in [0.25, 0.3) is 0 Å². The van der Waals surface area contributed by atoms with Crippen LogP contribution in [0.3, 0.4) is 0 Å². The average molecular weight is 518 g/mol. The number of hydrogen-bond donors (Lipinski definition) is 1. The zero-order valence-electron chi connectivity index (χ0n) is 19.3. The maximum absolute atomic E-state index is 13.9. The smallest absolute Gasteiger partial charge is 0.248 e. The molecule has 0 atom stereocenters. The molecule has 1 aliphatic heterocycles. The summed E-state index contributed by atoms with van der Waals surface area (Å²) in [6.07, 6.45) is 3.59. The van der Waals surface area contributed by atoms with E-state index in [0.717, 1.165) is 5.56 Å². The van der Waals surface area contributed by atoms with Gasteiger partial charge in [-0.2, -0.15) is 4.31 Å². The Morgan fingerprint density at radius 1 is 1.17 bits per heavy atom. The van der Waals surface area contributed by atoms with Gasteiger partial charge in [-0.05, 0) is 62.6 Å². The molecule has 2 aromatic carbocycles. The predicted octanol–water partition coefficient (Wildman–Crippen LogP) is 5.29. The number of aryl methyl sites for hydroxylation is 2. The first-order valence-electron chi connectivity index (χ1n) is 11.1. The minimum Gasteiger partial charge on any atom is -0.355 e. The van der Waals surface area contributed by atoms with E-state index in [9.17, 15) is 17.6 Å². The Labute approximate surface area is 208 Å². The van der Waals surface area contributed by atoms with Crippen LogP contribution in [0.25, 0.3) is 12.2 Å². The topological polar surface area (TPSA) is 92.5 Å². The van der Waals surface area contributed by atoms with Crippen molar-refractivity contribution in [2.75, 3.05) is 18.4 Å². The number of hydrogen-bond acceptors (Lipinski definition) is 5. The lowest BCUT2D eigenvalue weighted by molar-refractivity contribution is -0.120. The van der Waals surface area contributed by atoms with Crippen LogP contribution in [0.1, 0.15) is 35.4 Å². The third-order valence-electron chi connectivity index (χ3n) is 6.01. The molecule has 4 rings (SSSR count). The first-order chi connectivity index (χ1) is 16.7. The molecule has 10 heteroatoms. The highest BCUT2D eigenvalue weighted by molar-refractivity contribution is 7.89. The van der Waals surface area contributed by atoms with Gasteiger partial charge in [0.15, 0.2) is 10.7 Å². The Kier molecular flexibility index (Phi) is 7.39. The summed E-state index contributed by atoms with van der Waals surface area (Å²) in [5, 5.41) is 7.24. The van der Waals surface area contributed by atoms with Gasteiger partial charge in [-0.3, -0.25) is 4.79 Å². The van der Waals surface area contributed by atoms with Crippen LogP contribution in [0.2, 0.25) is 5.02 Å². The summed E-state index contributed by atoms with van der Waals surface area (Å²) in [7, 11) is -3.93. The van der Waals surface area contributed by atoms with E-state index >= 15 is 0 Å². The summed E-state index contributed by atoms with van der Waals surface area (Å²) in [5.74, 6) is -0.901. The Hall–Kier alpha value is -3.01. The van der Waals surface area contributed by atoms with Gasteiger partial charge >= 0.3 is 0 Å². The lowest BCUT2D eigenvalue weighted by atomic mass is 9.97. The fourth-order valence-corrected chi connectivity index (χ4v) is 5.88. The van der Waals surface area contributed by atoms with Crippen molar-refractivity contribution in [3.05, 3.63) is 75.9 Å². The van der Waals surface area contributed by atoms with Crippen LogP contribution >= 0.6 is 11.6 Å². The number of anilines is 1. The number of nitrogens with one attached hydrogen (secondary N) is 1. The van der Waals surface area contributed by atoms with E-state index in [4.69, 9.17) is 16.1 Å². The summed E-state index contributed by atoms with van der Waals surface area (Å²) in [6, 6.07) is 11.4. The van der Waals surface area contributed by atoms with Crippen molar-refractivity contribution in [1.82, 2.24) is 9.46 Å². The molecule has 1 N–H and O–H groups in total. The van der Waals surface area contributed by atoms with E-state index in [0.29, 0.717) is 29.1 Å². The molecule has 2 heterocycles. The first-order valence-corrected chi connectivity index (χ1v) is 12.9. The van der Waals surface area contributed by atoms with Crippen LogP contribution < -0.4 is 5.32 Å². The molecule has 0 radical (unpaired) electrons. The molecule has 0 bridgehead atoms. The van der Waals surface area contributed by atoms with E-state index in [1.54, 1.807) is 37.3 Å². The number of amides is 1. The molecule has 1 aliphatic rings. The highest BCUT2D eigenvalue weighted by atomic mass is 35.5. The van der Waals surface area contributed by atoms with Crippen molar-refractivity contribution in [3.8, 4) is 0 Å². The van der Waals surface area contributed by atoms with Gasteiger partial charge in [0, 0.05) is 35.3 Å². The summed E-state index contributed by atoms with van der Waals surface area (Å²) >= 11 is 6.13. The number of nitrogens with zero attached hydrogens (tertiary/aromatic N) is 2. The minimum atomic E-state index is -3.93. The van der Waals surface area contributed by atoms with E-state index in [1.165, 1.54) is 22.5 Å². The number of halogens is 2. The number of benzene rings is 2. The molecule has 1 saturated heterocycles. The summed E-state index contributed by atoms with van der Waals surface area (Å²) in [5.41, 5.74) is 2.03. The second kappa shape index (κ2) is 10.3. The fraction of sp³-hybridized carbons (Fsp3) is 0.280. The Morgan fingerprint density at radius 3 is 2.57 bits per heavy atom. The highest BCUT2D eigenvalue weighted by Gasteiger charge is 2.36. The standard InChI is InChI=1S/C25H25ClFN3O4S/c1-16-7-9-20(15-21(16)26)28-25(31)19-11-13-30(14-12-19)35(32,33)24-17(2)29-34-23(24)10-8-18-5-3-4-6-22(18)27/h3-10,15,19H,11-14H2,1-2H3,(H,28,31)/b10-8+. The van der Waals surface area contributed by atoms with Crippen LogP contribution in [0, 0.1) is 25.6 Å². The van der Waals surface area contributed by atoms with Gasteiger partial charge in [0.05, 0.1) is 0 Å². The SMILES string of the molecule is Cc1ccc(NC(=O)C2CCN(S(=O)(=O)c3c(C)noc3/C=C/c3ccccc3F)CC2)cc1Cl. The van der Waals surface area contributed by atoms with Crippen LogP contribution in [0.5, 0.6) is 0 Å². The monoisotopic (exact) mass is 517 g/mol. The Balaban J connectivity index is 1.45. The molecule has 1 aromatic heterocycles. The van der Waals surface area contributed by atoms with E-state index < -0.39 is 15.8 Å². The van der Waals surface area contributed by atoms with Gasteiger partial charge in [0.1, 0.15) is 11.5 Å². The lowest BCUT2D eigenvalue weighted by Gasteiger charge is -2.30. The quantitative estimate of drug-likeness (QED) is 0.479. The van der Waals surface area contributed by atoms with Gasteiger partial charge in [-0.15, -0.1) is 0 Å². The highest BCUT2D eigenvalue weighted by Crippen LogP contribution is 2.30. The minimum absolute atomic E-state index is 0.0295. The van der Waals surface area contributed by atoms with Crippen molar-refractivity contribution in [2.24, 2.45) is 5.92 Å². The van der Waals surface area contributed by atoms with E-state index in [-0.39, 0.29) is 41.3 Å². The zero-order chi connectivity index (χ0) is 25.2. The molecule has 0 spiro atoms. The number of aromatic nitrogens is 1. The summed E-state index contributed by atoms with van der Waals surface area (Å²) in [4.78, 5) is 12.7. The second-order valence-corrected chi connectivity index (χ2v) is 10.7. The van der Waals surface area contributed by atoms with Gasteiger partial charge in [-0.1, -0.05) is 41.0 Å². The Morgan fingerprint density at radius 2 is 1.89 bits per heavy atom. The molecule has 1 amide bonds. The van der Waals surface area contributed by atoms with E-state index in [2.05, 4.69) is 10.5 Å². The maximum atomic E-state index is 13.9. The van der Waals surface area contributed by atoms with Crippen molar-refractivity contribution in [1.29, 1.82) is 0 Å². The predicted molar refractivity (Wildman–Crippen MR) is 133 cm³/mol. The van der Waals surface area contributed by atoms with Gasteiger partial charge in [-0.25, -0.2) is 12.8 Å². The molecule has 0 unspecified atom stereocenters. The van der Waals surface area contributed by atoms with Gasteiger partial charge in [0.2, 0.25) is 15.9 Å². The third kappa shape index (κ3) is 5.47.